The van der Waals surface area contributed by atoms with Crippen molar-refractivity contribution in [2.24, 2.45) is 11.5 Å². The van der Waals surface area contributed by atoms with Crippen molar-refractivity contribution < 1.29 is 0 Å². The Morgan fingerprint density at radius 3 is 2.61 bits per heavy atom. The Morgan fingerprint density at radius 2 is 1.83 bits per heavy atom. The number of aryl methyl sites for hydroxylation is 1. The maximum absolute atomic E-state index is 5.76. The molecule has 3 nitrogen and oxygen atoms in total. The third kappa shape index (κ3) is 3.29. The fourth-order valence-electron chi connectivity index (χ4n) is 2.01. The Kier molecular flexibility index (Phi) is 4.31. The first-order chi connectivity index (χ1) is 8.69. The molecule has 0 fully saturated rings. The summed E-state index contributed by atoms with van der Waals surface area (Å²) in [4.78, 5) is 0. The quantitative estimate of drug-likeness (QED) is 0.746. The summed E-state index contributed by atoms with van der Waals surface area (Å²) in [6.07, 6.45) is 0. The van der Waals surface area contributed by atoms with Gasteiger partial charge < -0.3 is 16.8 Å². The zero-order valence-electron chi connectivity index (χ0n) is 10.8. The van der Waals surface area contributed by atoms with Crippen molar-refractivity contribution in [1.82, 2.24) is 5.32 Å². The largest absolute Gasteiger partial charge is 0.329 e. The zero-order valence-corrected chi connectivity index (χ0v) is 10.8. The summed E-state index contributed by atoms with van der Waals surface area (Å²) in [6.45, 7) is 4.22. The second kappa shape index (κ2) is 5.96. The predicted molar refractivity (Wildman–Crippen MR) is 77.4 cm³/mol. The van der Waals surface area contributed by atoms with Crippen molar-refractivity contribution >= 4 is 10.8 Å². The van der Waals surface area contributed by atoms with Gasteiger partial charge in [0.2, 0.25) is 0 Å². The Labute approximate surface area is 108 Å². The van der Waals surface area contributed by atoms with Crippen molar-refractivity contribution in [3.05, 3.63) is 47.5 Å². The number of hydrogen-bond acceptors (Lipinski definition) is 3. The minimum atomic E-state index is 0.0353. The molecule has 0 aliphatic rings. The summed E-state index contributed by atoms with van der Waals surface area (Å²) in [5, 5.41) is 5.89. The molecule has 18 heavy (non-hydrogen) atoms. The van der Waals surface area contributed by atoms with Crippen molar-refractivity contribution in [3.8, 4) is 0 Å². The van der Waals surface area contributed by atoms with E-state index >= 15 is 0 Å². The van der Waals surface area contributed by atoms with Crippen molar-refractivity contribution in [2.75, 3.05) is 13.1 Å². The first-order valence-corrected chi connectivity index (χ1v) is 6.34. The van der Waals surface area contributed by atoms with Gasteiger partial charge in [-0.25, -0.2) is 0 Å². The fourth-order valence-corrected chi connectivity index (χ4v) is 2.01. The molecule has 96 valence electrons. The molecule has 0 bridgehead atoms. The third-order valence-corrected chi connectivity index (χ3v) is 3.10. The van der Waals surface area contributed by atoms with Crippen molar-refractivity contribution in [1.29, 1.82) is 0 Å². The van der Waals surface area contributed by atoms with Gasteiger partial charge >= 0.3 is 0 Å². The van der Waals surface area contributed by atoms with Crippen LogP contribution < -0.4 is 16.8 Å². The minimum Gasteiger partial charge on any atom is -0.329 e. The molecule has 0 amide bonds. The van der Waals surface area contributed by atoms with Gasteiger partial charge in [0.15, 0.2) is 0 Å². The molecule has 0 aromatic heterocycles. The highest BCUT2D eigenvalue weighted by atomic mass is 14.9. The lowest BCUT2D eigenvalue weighted by atomic mass is 10.0. The van der Waals surface area contributed by atoms with E-state index in [4.69, 9.17) is 11.5 Å². The van der Waals surface area contributed by atoms with Gasteiger partial charge in [0.25, 0.3) is 0 Å². The fraction of sp³-hybridized carbons (Fsp3) is 0.333. The molecule has 1 unspecified atom stereocenters. The molecule has 2 rings (SSSR count). The normalized spacial score (nSPS) is 12.8. The maximum atomic E-state index is 5.76. The zero-order chi connectivity index (χ0) is 13.0. The van der Waals surface area contributed by atoms with E-state index in [0.29, 0.717) is 6.54 Å². The Morgan fingerprint density at radius 1 is 1.11 bits per heavy atom. The van der Waals surface area contributed by atoms with Gasteiger partial charge in [0.1, 0.15) is 0 Å². The Balaban J connectivity index is 2.04. The summed E-state index contributed by atoms with van der Waals surface area (Å²) < 4.78 is 0. The van der Waals surface area contributed by atoms with E-state index in [1.54, 1.807) is 0 Å². The van der Waals surface area contributed by atoms with Gasteiger partial charge in [-0.15, -0.1) is 0 Å². The van der Waals surface area contributed by atoms with E-state index in [0.717, 1.165) is 13.1 Å². The molecule has 1 atom stereocenters. The van der Waals surface area contributed by atoms with Crippen LogP contribution in [0.2, 0.25) is 0 Å². The molecule has 0 aliphatic carbocycles. The molecule has 0 aliphatic heterocycles. The van der Waals surface area contributed by atoms with E-state index in [1.807, 2.05) is 0 Å². The number of rotatable bonds is 5. The number of nitrogens with two attached hydrogens (primary N) is 2. The molecule has 2 aromatic carbocycles. The van der Waals surface area contributed by atoms with Gasteiger partial charge in [-0.2, -0.15) is 0 Å². The Hall–Kier alpha value is -1.42. The molecule has 2 aromatic rings. The van der Waals surface area contributed by atoms with Crippen LogP contribution in [0.15, 0.2) is 36.4 Å². The number of fused-ring (bicyclic) bond motifs is 1. The molecular formula is C15H21N3. The molecule has 5 N–H and O–H groups in total. The van der Waals surface area contributed by atoms with Gasteiger partial charge in [-0.3, -0.25) is 0 Å². The van der Waals surface area contributed by atoms with Gasteiger partial charge in [-0.05, 0) is 29.3 Å². The lowest BCUT2D eigenvalue weighted by Gasteiger charge is -2.10. The van der Waals surface area contributed by atoms with Crippen LogP contribution in [0.4, 0.5) is 0 Å². The van der Waals surface area contributed by atoms with E-state index < -0.39 is 0 Å². The summed E-state index contributed by atoms with van der Waals surface area (Å²) in [5.74, 6) is 0. The summed E-state index contributed by atoms with van der Waals surface area (Å²) >= 11 is 0. The smallest absolute Gasteiger partial charge is 0.0290 e. The lowest BCUT2D eigenvalue weighted by molar-refractivity contribution is 0.582. The molecule has 0 saturated carbocycles. The monoisotopic (exact) mass is 243 g/mol. The average Bonchev–Trinajstić information content (AvgIpc) is 2.38. The minimum absolute atomic E-state index is 0.0353. The second-order valence-corrected chi connectivity index (χ2v) is 4.81. The molecule has 0 spiro atoms. The van der Waals surface area contributed by atoms with Crippen molar-refractivity contribution in [3.63, 3.8) is 0 Å². The standard InChI is InChI=1S/C15H21N3/c1-11-2-4-14-7-12(3-5-13(14)6-11)9-18-10-15(17)8-16/h2-7,15,18H,8-10,16-17H2,1H3. The summed E-state index contributed by atoms with van der Waals surface area (Å²) in [7, 11) is 0. The van der Waals surface area contributed by atoms with Crippen LogP contribution in [0, 0.1) is 6.92 Å². The second-order valence-electron chi connectivity index (χ2n) is 4.81. The van der Waals surface area contributed by atoms with E-state index in [-0.39, 0.29) is 6.04 Å². The van der Waals surface area contributed by atoms with Crippen LogP contribution in [0.5, 0.6) is 0 Å². The van der Waals surface area contributed by atoms with E-state index in [2.05, 4.69) is 48.6 Å². The third-order valence-electron chi connectivity index (χ3n) is 3.10. The number of nitrogens with one attached hydrogen (secondary N) is 1. The number of hydrogen-bond donors (Lipinski definition) is 3. The highest BCUT2D eigenvalue weighted by Gasteiger charge is 2.00. The first-order valence-electron chi connectivity index (χ1n) is 6.34. The van der Waals surface area contributed by atoms with Gasteiger partial charge in [0.05, 0.1) is 0 Å². The predicted octanol–water partition coefficient (Wildman–Crippen LogP) is 1.52. The van der Waals surface area contributed by atoms with E-state index in [1.165, 1.54) is 21.9 Å². The van der Waals surface area contributed by atoms with Crippen LogP contribution in [-0.4, -0.2) is 19.1 Å². The van der Waals surface area contributed by atoms with Crippen LogP contribution in [0.3, 0.4) is 0 Å². The van der Waals surface area contributed by atoms with Crippen LogP contribution in [0.1, 0.15) is 11.1 Å². The summed E-state index contributed by atoms with van der Waals surface area (Å²) in [6, 6.07) is 13.1. The maximum Gasteiger partial charge on any atom is 0.0290 e. The van der Waals surface area contributed by atoms with Crippen LogP contribution in [0.25, 0.3) is 10.8 Å². The molecule has 3 heteroatoms. The van der Waals surface area contributed by atoms with Gasteiger partial charge in [-0.1, -0.05) is 35.9 Å². The lowest BCUT2D eigenvalue weighted by Crippen LogP contribution is -2.39. The Bertz CT molecular complexity index is 522. The topological polar surface area (TPSA) is 64.1 Å². The average molecular weight is 243 g/mol. The number of benzene rings is 2. The summed E-state index contributed by atoms with van der Waals surface area (Å²) in [5.41, 5.74) is 13.8. The molecule has 0 heterocycles. The highest BCUT2D eigenvalue weighted by Crippen LogP contribution is 2.17. The van der Waals surface area contributed by atoms with Gasteiger partial charge in [0, 0.05) is 25.7 Å². The van der Waals surface area contributed by atoms with E-state index in [9.17, 15) is 0 Å². The molecule has 0 radical (unpaired) electrons. The highest BCUT2D eigenvalue weighted by molar-refractivity contribution is 5.83. The molecule has 0 saturated heterocycles. The molecular weight excluding hydrogens is 222 g/mol. The van der Waals surface area contributed by atoms with Crippen LogP contribution >= 0.6 is 0 Å². The van der Waals surface area contributed by atoms with Crippen LogP contribution in [-0.2, 0) is 6.54 Å². The SMILES string of the molecule is Cc1ccc2cc(CNCC(N)CN)ccc2c1. The first kappa shape index (κ1) is 13.0. The van der Waals surface area contributed by atoms with Crippen molar-refractivity contribution in [2.45, 2.75) is 19.5 Å².